The number of hydrogen-bond donors (Lipinski definition) is 2. The van der Waals surface area contributed by atoms with Crippen molar-refractivity contribution in [3.8, 4) is 16.2 Å². The van der Waals surface area contributed by atoms with E-state index in [-0.39, 0.29) is 4.90 Å². The lowest BCUT2D eigenvalue weighted by Crippen LogP contribution is -2.12. The van der Waals surface area contributed by atoms with Crippen LogP contribution in [0, 0.1) is 0 Å². The minimum atomic E-state index is -3.75. The number of H-pyrrole nitrogens is 1. The Morgan fingerprint density at radius 3 is 2.57 bits per heavy atom. The van der Waals surface area contributed by atoms with Crippen LogP contribution in [0.25, 0.3) is 31.4 Å². The second-order valence-electron chi connectivity index (χ2n) is 6.79. The maximum absolute atomic E-state index is 12.9. The molecule has 0 radical (unpaired) electrons. The van der Waals surface area contributed by atoms with Gasteiger partial charge in [0.1, 0.15) is 5.75 Å². The van der Waals surface area contributed by atoms with Crippen LogP contribution in [0.2, 0.25) is 0 Å². The highest BCUT2D eigenvalue weighted by Crippen LogP contribution is 2.38. The lowest BCUT2D eigenvalue weighted by atomic mass is 10.1. The van der Waals surface area contributed by atoms with Crippen LogP contribution in [-0.2, 0) is 10.0 Å². The summed E-state index contributed by atoms with van der Waals surface area (Å²) in [5.41, 5.74) is 2.25. The third-order valence-electron chi connectivity index (χ3n) is 4.86. The molecule has 0 saturated heterocycles. The number of anilines is 1. The van der Waals surface area contributed by atoms with E-state index >= 15 is 0 Å². The van der Waals surface area contributed by atoms with Gasteiger partial charge in [0.25, 0.3) is 10.0 Å². The molecule has 0 aliphatic carbocycles. The fraction of sp³-hybridized carbons (Fsp3) is 0.0455. The summed E-state index contributed by atoms with van der Waals surface area (Å²) in [6, 6.07) is 20.2. The Morgan fingerprint density at radius 1 is 1.00 bits per heavy atom. The molecule has 0 amide bonds. The van der Waals surface area contributed by atoms with Crippen molar-refractivity contribution in [2.24, 2.45) is 0 Å². The molecule has 3 aromatic carbocycles. The first-order valence-corrected chi connectivity index (χ1v) is 11.5. The predicted octanol–water partition coefficient (Wildman–Crippen LogP) is 5.25. The Morgan fingerprint density at radius 2 is 1.80 bits per heavy atom. The van der Waals surface area contributed by atoms with E-state index in [1.54, 1.807) is 35.7 Å². The van der Waals surface area contributed by atoms with Crippen LogP contribution in [0.3, 0.4) is 0 Å². The zero-order valence-electron chi connectivity index (χ0n) is 15.9. The van der Waals surface area contributed by atoms with E-state index in [4.69, 9.17) is 4.74 Å². The summed E-state index contributed by atoms with van der Waals surface area (Å²) < 4.78 is 34.8. The summed E-state index contributed by atoms with van der Waals surface area (Å²) in [5.74, 6) is 0.598. The monoisotopic (exact) mass is 435 g/mol. The number of methoxy groups -OCH3 is 1. The number of aromatic amines is 1. The summed E-state index contributed by atoms with van der Waals surface area (Å²) in [6.07, 6.45) is 1.69. The van der Waals surface area contributed by atoms with Gasteiger partial charge in [-0.15, -0.1) is 11.3 Å². The van der Waals surface area contributed by atoms with Crippen LogP contribution in [0.5, 0.6) is 5.75 Å². The number of ether oxygens (including phenoxy) is 1. The zero-order valence-corrected chi connectivity index (χ0v) is 17.5. The molecule has 5 aromatic rings. The number of nitrogens with zero attached hydrogens (tertiary/aromatic N) is 1. The molecule has 2 heterocycles. The maximum atomic E-state index is 12.9. The molecule has 2 N–H and O–H groups in total. The fourth-order valence-corrected chi connectivity index (χ4v) is 5.52. The third kappa shape index (κ3) is 3.30. The van der Waals surface area contributed by atoms with Crippen LogP contribution >= 0.6 is 11.3 Å². The normalized spacial score (nSPS) is 11.8. The molecule has 0 saturated carbocycles. The molecule has 150 valence electrons. The van der Waals surface area contributed by atoms with Crippen LogP contribution in [-0.4, -0.2) is 25.7 Å². The quantitative estimate of drug-likeness (QED) is 0.395. The lowest BCUT2D eigenvalue weighted by molar-refractivity contribution is 0.414. The SMILES string of the molecule is COc1ccc(S(=O)(=O)Nc2cc(-c3cc4ccccc4s3)c3[nH]ncc3c2)cc1. The highest BCUT2D eigenvalue weighted by atomic mass is 32.2. The first-order valence-electron chi connectivity index (χ1n) is 9.16. The highest BCUT2D eigenvalue weighted by Gasteiger charge is 2.17. The van der Waals surface area contributed by atoms with E-state index in [2.05, 4.69) is 33.1 Å². The average molecular weight is 436 g/mol. The molecule has 5 rings (SSSR count). The summed E-state index contributed by atoms with van der Waals surface area (Å²) in [5, 5.41) is 9.15. The number of aromatic nitrogens is 2. The first-order chi connectivity index (χ1) is 14.5. The van der Waals surface area contributed by atoms with Gasteiger partial charge in [0.15, 0.2) is 0 Å². The molecule has 0 atom stereocenters. The van der Waals surface area contributed by atoms with Gasteiger partial charge in [-0.2, -0.15) is 5.10 Å². The van der Waals surface area contributed by atoms with Crippen LogP contribution in [0.15, 0.2) is 77.8 Å². The minimum absolute atomic E-state index is 0.166. The van der Waals surface area contributed by atoms with Gasteiger partial charge in [-0.1, -0.05) is 18.2 Å². The number of hydrogen-bond acceptors (Lipinski definition) is 5. The van der Waals surface area contributed by atoms with Crippen LogP contribution < -0.4 is 9.46 Å². The predicted molar refractivity (Wildman–Crippen MR) is 121 cm³/mol. The molecule has 6 nitrogen and oxygen atoms in total. The molecule has 0 aliphatic heterocycles. The maximum Gasteiger partial charge on any atom is 0.261 e. The van der Waals surface area contributed by atoms with Crippen molar-refractivity contribution in [2.45, 2.75) is 4.90 Å². The van der Waals surface area contributed by atoms with E-state index in [9.17, 15) is 8.42 Å². The third-order valence-corrected chi connectivity index (χ3v) is 7.41. The van der Waals surface area contributed by atoms with Gasteiger partial charge < -0.3 is 4.74 Å². The molecular formula is C22H17N3O3S2. The van der Waals surface area contributed by atoms with Gasteiger partial charge in [-0.3, -0.25) is 9.82 Å². The summed E-state index contributed by atoms with van der Waals surface area (Å²) >= 11 is 1.66. The second-order valence-corrected chi connectivity index (χ2v) is 9.55. The number of nitrogens with one attached hydrogen (secondary N) is 2. The number of fused-ring (bicyclic) bond motifs is 2. The standard InChI is InChI=1S/C22H17N3O3S2/c1-28-17-6-8-18(9-7-17)30(26,27)25-16-10-15-13-23-24-22(15)19(12-16)21-11-14-4-2-3-5-20(14)29-21/h2-13,25H,1H3,(H,23,24). The first kappa shape index (κ1) is 18.7. The number of benzene rings is 3. The van der Waals surface area contributed by atoms with Crippen LogP contribution in [0.4, 0.5) is 5.69 Å². The summed E-state index contributed by atoms with van der Waals surface area (Å²) in [6.45, 7) is 0. The molecular weight excluding hydrogens is 418 g/mol. The number of sulfonamides is 1. The van der Waals surface area contributed by atoms with E-state index in [1.165, 1.54) is 23.9 Å². The van der Waals surface area contributed by atoms with E-state index in [1.807, 2.05) is 18.2 Å². The molecule has 0 unspecified atom stereocenters. The summed E-state index contributed by atoms with van der Waals surface area (Å²) in [7, 11) is -2.21. The van der Waals surface area contributed by atoms with Gasteiger partial charge in [0, 0.05) is 20.5 Å². The van der Waals surface area contributed by atoms with Crippen molar-refractivity contribution in [3.05, 3.63) is 72.9 Å². The van der Waals surface area contributed by atoms with Gasteiger partial charge in [-0.05, 0) is 53.9 Å². The van der Waals surface area contributed by atoms with Crippen molar-refractivity contribution in [3.63, 3.8) is 0 Å². The second kappa shape index (κ2) is 7.16. The Hall–Kier alpha value is -3.36. The number of thiophene rings is 1. The highest BCUT2D eigenvalue weighted by molar-refractivity contribution is 7.92. The molecule has 0 spiro atoms. The molecule has 0 bridgehead atoms. The van der Waals surface area contributed by atoms with Gasteiger partial charge in [0.2, 0.25) is 0 Å². The Kier molecular flexibility index (Phi) is 4.45. The van der Waals surface area contributed by atoms with Crippen molar-refractivity contribution >= 4 is 48.0 Å². The molecule has 0 aliphatic rings. The van der Waals surface area contributed by atoms with Gasteiger partial charge in [-0.25, -0.2) is 8.42 Å². The molecule has 8 heteroatoms. The van der Waals surface area contributed by atoms with E-state index in [0.29, 0.717) is 11.4 Å². The Balaban J connectivity index is 1.58. The van der Waals surface area contributed by atoms with Crippen molar-refractivity contribution in [2.75, 3.05) is 11.8 Å². The number of rotatable bonds is 5. The molecule has 30 heavy (non-hydrogen) atoms. The Labute approximate surface area is 177 Å². The average Bonchev–Trinajstić information content (AvgIpc) is 3.39. The smallest absolute Gasteiger partial charge is 0.261 e. The molecule has 0 fully saturated rings. The van der Waals surface area contributed by atoms with Crippen molar-refractivity contribution in [1.29, 1.82) is 0 Å². The van der Waals surface area contributed by atoms with Gasteiger partial charge in [0.05, 0.1) is 29.4 Å². The topological polar surface area (TPSA) is 84.1 Å². The van der Waals surface area contributed by atoms with Crippen molar-refractivity contribution < 1.29 is 13.2 Å². The summed E-state index contributed by atoms with van der Waals surface area (Å²) in [4.78, 5) is 1.20. The van der Waals surface area contributed by atoms with E-state index < -0.39 is 10.0 Å². The minimum Gasteiger partial charge on any atom is -0.497 e. The fourth-order valence-electron chi connectivity index (χ4n) is 3.39. The van der Waals surface area contributed by atoms with Crippen LogP contribution in [0.1, 0.15) is 0 Å². The Bertz CT molecular complexity index is 1440. The van der Waals surface area contributed by atoms with E-state index in [0.717, 1.165) is 26.7 Å². The molecule has 2 aromatic heterocycles. The van der Waals surface area contributed by atoms with Crippen molar-refractivity contribution in [1.82, 2.24) is 10.2 Å². The lowest BCUT2D eigenvalue weighted by Gasteiger charge is -2.11. The van der Waals surface area contributed by atoms with Gasteiger partial charge >= 0.3 is 0 Å². The zero-order chi connectivity index (χ0) is 20.7. The largest absolute Gasteiger partial charge is 0.497 e.